The highest BCUT2D eigenvalue weighted by Crippen LogP contribution is 2.18. The van der Waals surface area contributed by atoms with Gasteiger partial charge < -0.3 is 10.1 Å². The highest BCUT2D eigenvalue weighted by Gasteiger charge is 2.12. The fraction of sp³-hybridized carbons (Fsp3) is 0.429. The summed E-state index contributed by atoms with van der Waals surface area (Å²) < 4.78 is 4.31. The summed E-state index contributed by atoms with van der Waals surface area (Å²) in [5, 5.41) is 2.50. The molecule has 0 fully saturated rings. The summed E-state index contributed by atoms with van der Waals surface area (Å²) in [6.07, 6.45) is 1.10. The topological polar surface area (TPSA) is 55.4 Å². The molecular weight excluding hydrogens is 230 g/mol. The first-order valence-electron chi connectivity index (χ1n) is 6.03. The largest absolute Gasteiger partial charge is 0.462 e. The van der Waals surface area contributed by atoms with Crippen molar-refractivity contribution in [1.82, 2.24) is 5.32 Å². The molecule has 1 rings (SSSR count). The zero-order chi connectivity index (χ0) is 13.5. The Kier molecular flexibility index (Phi) is 5.36. The standard InChI is InChI=1S/C14H19NO3/c1-4-10(2)12-7-5-11(6-8-12)9-15-13(16)14(17)18-3/h5-8,10H,4,9H2,1-3H3,(H,15,16). The summed E-state index contributed by atoms with van der Waals surface area (Å²) in [6.45, 7) is 4.65. The van der Waals surface area contributed by atoms with E-state index < -0.39 is 11.9 Å². The molecule has 1 atom stereocenters. The van der Waals surface area contributed by atoms with Crippen LogP contribution in [0.3, 0.4) is 0 Å². The van der Waals surface area contributed by atoms with Gasteiger partial charge in [-0.2, -0.15) is 0 Å². The summed E-state index contributed by atoms with van der Waals surface area (Å²) in [5.41, 5.74) is 2.24. The molecule has 0 aliphatic rings. The molecule has 1 amide bonds. The number of carbonyl (C=O) groups is 2. The first-order valence-corrected chi connectivity index (χ1v) is 6.03. The number of hydrogen-bond donors (Lipinski definition) is 1. The van der Waals surface area contributed by atoms with E-state index in [-0.39, 0.29) is 0 Å². The van der Waals surface area contributed by atoms with Crippen molar-refractivity contribution in [2.75, 3.05) is 7.11 Å². The van der Waals surface area contributed by atoms with Crippen LogP contribution in [0.5, 0.6) is 0 Å². The third-order valence-corrected chi connectivity index (χ3v) is 2.98. The Hall–Kier alpha value is -1.84. The van der Waals surface area contributed by atoms with E-state index in [1.165, 1.54) is 12.7 Å². The number of ether oxygens (including phenoxy) is 1. The third kappa shape index (κ3) is 3.87. The van der Waals surface area contributed by atoms with E-state index in [0.717, 1.165) is 12.0 Å². The second-order valence-corrected chi connectivity index (χ2v) is 4.23. The number of carbonyl (C=O) groups excluding carboxylic acids is 2. The Morgan fingerprint density at radius 3 is 2.39 bits per heavy atom. The summed E-state index contributed by atoms with van der Waals surface area (Å²) in [6, 6.07) is 8.01. The maximum absolute atomic E-state index is 11.2. The van der Waals surface area contributed by atoms with Crippen molar-refractivity contribution < 1.29 is 14.3 Å². The lowest BCUT2D eigenvalue weighted by Crippen LogP contribution is -2.31. The third-order valence-electron chi connectivity index (χ3n) is 2.98. The quantitative estimate of drug-likeness (QED) is 0.656. The first kappa shape index (κ1) is 14.2. The zero-order valence-electron chi connectivity index (χ0n) is 11.0. The molecule has 4 nitrogen and oxygen atoms in total. The summed E-state index contributed by atoms with van der Waals surface area (Å²) in [5.74, 6) is -1.06. The number of esters is 1. The molecule has 0 saturated heterocycles. The number of nitrogens with one attached hydrogen (secondary N) is 1. The van der Waals surface area contributed by atoms with Crippen molar-refractivity contribution in [2.24, 2.45) is 0 Å². The minimum atomic E-state index is -0.869. The van der Waals surface area contributed by atoms with Crippen molar-refractivity contribution in [3.8, 4) is 0 Å². The molecule has 0 radical (unpaired) electrons. The Morgan fingerprint density at radius 1 is 1.28 bits per heavy atom. The highest BCUT2D eigenvalue weighted by atomic mass is 16.5. The number of rotatable bonds is 4. The number of amides is 1. The van der Waals surface area contributed by atoms with Crippen LogP contribution in [0.1, 0.15) is 37.3 Å². The fourth-order valence-corrected chi connectivity index (χ4v) is 1.55. The molecule has 1 aromatic rings. The molecule has 0 aliphatic carbocycles. The molecule has 0 aliphatic heterocycles. The van der Waals surface area contributed by atoms with Crippen molar-refractivity contribution in [2.45, 2.75) is 32.7 Å². The van der Waals surface area contributed by atoms with Crippen LogP contribution in [0.2, 0.25) is 0 Å². The Bertz CT molecular complexity index is 412. The monoisotopic (exact) mass is 249 g/mol. The van der Waals surface area contributed by atoms with E-state index in [1.54, 1.807) is 0 Å². The fourth-order valence-electron chi connectivity index (χ4n) is 1.55. The molecule has 0 heterocycles. The molecular formula is C14H19NO3. The van der Waals surface area contributed by atoms with Crippen LogP contribution in [-0.2, 0) is 20.9 Å². The smallest absolute Gasteiger partial charge is 0.396 e. The van der Waals surface area contributed by atoms with Crippen LogP contribution in [0.25, 0.3) is 0 Å². The van der Waals surface area contributed by atoms with Gasteiger partial charge in [0.25, 0.3) is 0 Å². The number of methoxy groups -OCH3 is 1. The maximum Gasteiger partial charge on any atom is 0.396 e. The van der Waals surface area contributed by atoms with Crippen molar-refractivity contribution in [3.63, 3.8) is 0 Å². The number of hydrogen-bond acceptors (Lipinski definition) is 3. The molecule has 1 unspecified atom stereocenters. The zero-order valence-corrected chi connectivity index (χ0v) is 11.0. The Morgan fingerprint density at radius 2 is 1.89 bits per heavy atom. The van der Waals surface area contributed by atoms with Crippen LogP contribution in [-0.4, -0.2) is 19.0 Å². The molecule has 1 N–H and O–H groups in total. The van der Waals surface area contributed by atoms with Crippen LogP contribution in [0, 0.1) is 0 Å². The lowest BCUT2D eigenvalue weighted by atomic mass is 9.98. The summed E-state index contributed by atoms with van der Waals surface area (Å²) in [7, 11) is 1.18. The van der Waals surface area contributed by atoms with Gasteiger partial charge in [-0.25, -0.2) is 4.79 Å². The van der Waals surface area contributed by atoms with Gasteiger partial charge in [0.15, 0.2) is 0 Å². The second-order valence-electron chi connectivity index (χ2n) is 4.23. The molecule has 0 spiro atoms. The van der Waals surface area contributed by atoms with Gasteiger partial charge in [0, 0.05) is 6.54 Å². The van der Waals surface area contributed by atoms with Crippen LogP contribution in [0.4, 0.5) is 0 Å². The second kappa shape index (κ2) is 6.79. The molecule has 0 saturated carbocycles. The van der Waals surface area contributed by atoms with E-state index in [4.69, 9.17) is 0 Å². The van der Waals surface area contributed by atoms with Gasteiger partial charge in [-0.15, -0.1) is 0 Å². The molecule has 4 heteroatoms. The Balaban J connectivity index is 2.54. The van der Waals surface area contributed by atoms with E-state index >= 15 is 0 Å². The predicted molar refractivity (Wildman–Crippen MR) is 69.0 cm³/mol. The predicted octanol–water partition coefficient (Wildman–Crippen LogP) is 1.99. The van der Waals surface area contributed by atoms with Gasteiger partial charge >= 0.3 is 11.9 Å². The van der Waals surface area contributed by atoms with E-state index in [0.29, 0.717) is 12.5 Å². The average molecular weight is 249 g/mol. The van der Waals surface area contributed by atoms with E-state index in [9.17, 15) is 9.59 Å². The van der Waals surface area contributed by atoms with E-state index in [1.807, 2.05) is 24.3 Å². The van der Waals surface area contributed by atoms with Crippen molar-refractivity contribution >= 4 is 11.9 Å². The average Bonchev–Trinajstić information content (AvgIpc) is 2.43. The van der Waals surface area contributed by atoms with Crippen molar-refractivity contribution in [3.05, 3.63) is 35.4 Å². The van der Waals surface area contributed by atoms with Crippen molar-refractivity contribution in [1.29, 1.82) is 0 Å². The van der Waals surface area contributed by atoms with Gasteiger partial charge in [-0.1, -0.05) is 38.1 Å². The molecule has 1 aromatic carbocycles. The first-order chi connectivity index (χ1) is 8.58. The molecule has 0 bridgehead atoms. The van der Waals surface area contributed by atoms with Crippen LogP contribution in [0.15, 0.2) is 24.3 Å². The van der Waals surface area contributed by atoms with Crippen LogP contribution < -0.4 is 5.32 Å². The normalized spacial score (nSPS) is 11.7. The summed E-state index contributed by atoms with van der Waals surface area (Å²) >= 11 is 0. The lowest BCUT2D eigenvalue weighted by molar-refractivity contribution is -0.152. The van der Waals surface area contributed by atoms with Gasteiger partial charge in [0.05, 0.1) is 7.11 Å². The Labute approximate surface area is 107 Å². The van der Waals surface area contributed by atoms with Gasteiger partial charge in [0.2, 0.25) is 0 Å². The van der Waals surface area contributed by atoms with Gasteiger partial charge in [0.1, 0.15) is 0 Å². The molecule has 98 valence electrons. The SMILES string of the molecule is CCC(C)c1ccc(CNC(=O)C(=O)OC)cc1. The number of benzene rings is 1. The maximum atomic E-state index is 11.2. The minimum Gasteiger partial charge on any atom is -0.462 e. The highest BCUT2D eigenvalue weighted by molar-refractivity contribution is 6.32. The van der Waals surface area contributed by atoms with Gasteiger partial charge in [-0.3, -0.25) is 4.79 Å². The molecule has 18 heavy (non-hydrogen) atoms. The lowest BCUT2D eigenvalue weighted by Gasteiger charge is -2.10. The van der Waals surface area contributed by atoms with E-state index in [2.05, 4.69) is 23.9 Å². The summed E-state index contributed by atoms with van der Waals surface area (Å²) in [4.78, 5) is 22.1. The minimum absolute atomic E-state index is 0.328. The van der Waals surface area contributed by atoms with Crippen LogP contribution >= 0.6 is 0 Å². The molecule has 0 aromatic heterocycles. The van der Waals surface area contributed by atoms with Gasteiger partial charge in [-0.05, 0) is 23.5 Å².